The van der Waals surface area contributed by atoms with Crippen molar-refractivity contribution >= 4 is 51.5 Å². The van der Waals surface area contributed by atoms with Crippen LogP contribution in [0.4, 0.5) is 11.4 Å². The number of amides is 3. The smallest absolute Gasteiger partial charge is 0.273 e. The molecule has 6 N–H and O–H groups in total. The number of carbonyl (C=O) groups is 3. The summed E-state index contributed by atoms with van der Waals surface area (Å²) in [6.45, 7) is 2.05. The number of aryl methyl sites for hydroxylation is 1. The number of para-hydroxylation sites is 1. The molecule has 0 spiro atoms. The van der Waals surface area contributed by atoms with Crippen molar-refractivity contribution in [2.75, 3.05) is 10.6 Å². The third-order valence-electron chi connectivity index (χ3n) is 7.12. The van der Waals surface area contributed by atoms with E-state index < -0.39 is 17.9 Å². The van der Waals surface area contributed by atoms with Gasteiger partial charge in [-0.15, -0.1) is 0 Å². The molecule has 0 bridgehead atoms. The van der Waals surface area contributed by atoms with Crippen molar-refractivity contribution in [1.29, 1.82) is 0 Å². The van der Waals surface area contributed by atoms with E-state index in [4.69, 9.17) is 11.5 Å². The number of primary amides is 1. The van der Waals surface area contributed by atoms with Gasteiger partial charge in [-0.1, -0.05) is 50.1 Å². The molecule has 196 valence electrons. The highest BCUT2D eigenvalue weighted by Gasteiger charge is 2.38. The normalized spacial score (nSPS) is 14.4. The van der Waals surface area contributed by atoms with Crippen LogP contribution < -0.4 is 21.7 Å². The minimum atomic E-state index is -1.01. The molecule has 1 unspecified atom stereocenters. The second-order valence-electron chi connectivity index (χ2n) is 9.52. The van der Waals surface area contributed by atoms with E-state index in [1.165, 1.54) is 4.90 Å². The summed E-state index contributed by atoms with van der Waals surface area (Å²) in [6.07, 6.45) is 6.50. The molecule has 2 aromatic carbocycles. The molecule has 1 aliphatic carbocycles. The lowest BCUT2D eigenvalue weighted by atomic mass is 10.0. The zero-order chi connectivity index (χ0) is 26.8. The van der Waals surface area contributed by atoms with Crippen molar-refractivity contribution in [1.82, 2.24) is 14.7 Å². The van der Waals surface area contributed by atoms with Gasteiger partial charge in [0, 0.05) is 34.4 Å². The molecule has 4 aromatic rings. The summed E-state index contributed by atoms with van der Waals surface area (Å²) < 4.78 is 4.03. The van der Waals surface area contributed by atoms with Gasteiger partial charge in [0.15, 0.2) is 5.69 Å². The van der Waals surface area contributed by atoms with Gasteiger partial charge in [-0.05, 0) is 54.6 Å². The molecule has 2 heterocycles. The van der Waals surface area contributed by atoms with E-state index in [2.05, 4.69) is 14.7 Å². The lowest BCUT2D eigenvalue weighted by molar-refractivity contribution is -0.123. The van der Waals surface area contributed by atoms with Gasteiger partial charge in [0.25, 0.3) is 11.8 Å². The third-order valence-corrected chi connectivity index (χ3v) is 7.97. The number of nitrogens with zero attached hydrogens (tertiary/aromatic N) is 2. The number of hydrogen-bond acceptors (Lipinski definition) is 6. The van der Waals surface area contributed by atoms with Crippen LogP contribution >= 0.6 is 11.5 Å². The first-order chi connectivity index (χ1) is 18.4. The number of H-pyrrole nitrogens is 1. The van der Waals surface area contributed by atoms with Gasteiger partial charge in [0.05, 0.1) is 5.69 Å². The Morgan fingerprint density at radius 2 is 1.84 bits per heavy atom. The van der Waals surface area contributed by atoms with E-state index in [0.29, 0.717) is 11.3 Å². The predicted molar refractivity (Wildman–Crippen MR) is 149 cm³/mol. The second kappa shape index (κ2) is 10.7. The van der Waals surface area contributed by atoms with Gasteiger partial charge >= 0.3 is 0 Å². The minimum absolute atomic E-state index is 0.0459. The zero-order valence-corrected chi connectivity index (χ0v) is 21.9. The Hall–Kier alpha value is -4.18. The Kier molecular flexibility index (Phi) is 7.15. The van der Waals surface area contributed by atoms with E-state index in [1.54, 1.807) is 6.20 Å². The van der Waals surface area contributed by atoms with Crippen molar-refractivity contribution in [2.24, 2.45) is 5.73 Å². The van der Waals surface area contributed by atoms with Gasteiger partial charge in [-0.2, -0.15) is 4.37 Å². The van der Waals surface area contributed by atoms with E-state index in [0.717, 1.165) is 60.1 Å². The predicted octanol–water partition coefficient (Wildman–Crippen LogP) is 4.31. The fraction of sp³-hybridized carbons (Fsp3) is 0.286. The van der Waals surface area contributed by atoms with Crippen LogP contribution in [0.2, 0.25) is 0 Å². The van der Waals surface area contributed by atoms with Crippen LogP contribution in [-0.4, -0.2) is 33.1 Å². The average molecular weight is 531 g/mol. The number of aromatic amines is 1. The van der Waals surface area contributed by atoms with Crippen molar-refractivity contribution in [3.63, 3.8) is 0 Å². The summed E-state index contributed by atoms with van der Waals surface area (Å²) in [5, 5.41) is 4.02. The molecule has 1 aliphatic rings. The van der Waals surface area contributed by atoms with Crippen molar-refractivity contribution in [3.05, 3.63) is 76.4 Å². The number of anilines is 2. The Balaban J connectivity index is 1.68. The molecule has 1 fully saturated rings. The van der Waals surface area contributed by atoms with Crippen LogP contribution in [0.3, 0.4) is 0 Å². The van der Waals surface area contributed by atoms with Gasteiger partial charge in [0.2, 0.25) is 5.91 Å². The summed E-state index contributed by atoms with van der Waals surface area (Å²) in [5.41, 5.74) is 14.5. The maximum absolute atomic E-state index is 14.2. The van der Waals surface area contributed by atoms with Gasteiger partial charge in [-0.25, -0.2) is 0 Å². The highest BCUT2D eigenvalue weighted by atomic mass is 32.1. The Bertz CT molecular complexity index is 1490. The van der Waals surface area contributed by atoms with Crippen LogP contribution in [0.25, 0.3) is 10.9 Å². The second-order valence-corrected chi connectivity index (χ2v) is 10.3. The number of nitrogen functional groups attached to an aromatic ring is 1. The molecule has 1 atom stereocenters. The van der Waals surface area contributed by atoms with E-state index in [1.807, 2.05) is 55.5 Å². The number of carbonyl (C=O) groups excluding carboxylic acids is 3. The Labute approximate surface area is 224 Å². The molecule has 3 amide bonds. The number of rotatable bonds is 8. The molecule has 38 heavy (non-hydrogen) atoms. The number of nitrogens with two attached hydrogens (primary N) is 2. The highest BCUT2D eigenvalue weighted by Crippen LogP contribution is 2.36. The molecule has 10 heteroatoms. The highest BCUT2D eigenvalue weighted by molar-refractivity contribution is 7.09. The summed E-state index contributed by atoms with van der Waals surface area (Å²) in [5.74, 6) is -1.63. The van der Waals surface area contributed by atoms with Gasteiger partial charge < -0.3 is 21.8 Å². The molecule has 0 aliphatic heterocycles. The van der Waals surface area contributed by atoms with E-state index in [-0.39, 0.29) is 28.2 Å². The molecule has 5 rings (SSSR count). The maximum atomic E-state index is 14.2. The summed E-state index contributed by atoms with van der Waals surface area (Å²) >= 11 is 0.800. The van der Waals surface area contributed by atoms with Crippen molar-refractivity contribution < 1.29 is 14.4 Å². The number of benzene rings is 2. The third kappa shape index (κ3) is 4.74. The molecule has 1 saturated carbocycles. The lowest BCUT2D eigenvalue weighted by Crippen LogP contribution is -2.46. The molecule has 2 aromatic heterocycles. The minimum Gasteiger partial charge on any atom is -0.395 e. The van der Waals surface area contributed by atoms with Crippen LogP contribution in [0.5, 0.6) is 0 Å². The largest absolute Gasteiger partial charge is 0.395 e. The topological polar surface area (TPSA) is 147 Å². The van der Waals surface area contributed by atoms with Crippen LogP contribution in [-0.2, 0) is 11.2 Å². The molecule has 0 radical (unpaired) electrons. The first-order valence-electron chi connectivity index (χ1n) is 12.7. The van der Waals surface area contributed by atoms with Crippen molar-refractivity contribution in [2.45, 2.75) is 51.1 Å². The first-order valence-corrected chi connectivity index (χ1v) is 13.5. The van der Waals surface area contributed by atoms with E-state index >= 15 is 0 Å². The lowest BCUT2D eigenvalue weighted by Gasteiger charge is -2.32. The van der Waals surface area contributed by atoms with Crippen molar-refractivity contribution in [3.8, 4) is 0 Å². The maximum Gasteiger partial charge on any atom is 0.273 e. The van der Waals surface area contributed by atoms with E-state index in [9.17, 15) is 14.4 Å². The average Bonchev–Trinajstić information content (AvgIpc) is 3.67. The van der Waals surface area contributed by atoms with Crippen LogP contribution in [0, 0.1) is 0 Å². The molecular weight excluding hydrogens is 500 g/mol. The number of fused-ring (bicyclic) bond motifs is 1. The number of hydrogen-bond donors (Lipinski definition) is 4. The zero-order valence-electron chi connectivity index (χ0n) is 21.1. The summed E-state index contributed by atoms with van der Waals surface area (Å²) in [4.78, 5) is 44.9. The SMILES string of the molecule is CCc1ccc(N(C(=O)c2snc(C(N)=O)c2N)C(C(=O)NC2CCCC2)c2c[nH]c3ccccc23)cc1. The molecule has 0 saturated heterocycles. The molecular formula is C28H30N6O3S. The Morgan fingerprint density at radius 1 is 1.13 bits per heavy atom. The monoisotopic (exact) mass is 530 g/mol. The number of aromatic nitrogens is 2. The van der Waals surface area contributed by atoms with Gasteiger partial charge in [0.1, 0.15) is 10.9 Å². The van der Waals surface area contributed by atoms with Gasteiger partial charge in [-0.3, -0.25) is 19.3 Å². The van der Waals surface area contributed by atoms with Crippen LogP contribution in [0.15, 0.2) is 54.7 Å². The van der Waals surface area contributed by atoms with Crippen LogP contribution in [0.1, 0.15) is 69.9 Å². The standard InChI is InChI=1S/C28H30N6O3S/c1-2-16-11-13-18(14-12-16)34(28(37)25-22(29)23(26(30)35)33-38-25)24(27(36)32-17-7-3-4-8-17)20-15-31-21-10-6-5-9-19(20)21/h5-6,9-15,17,24,31H,2-4,7-8,29H2,1H3,(H2,30,35)(H,32,36). The quantitative estimate of drug-likeness (QED) is 0.268. The first kappa shape index (κ1) is 25.5. The fourth-order valence-electron chi connectivity index (χ4n) is 5.08. The Morgan fingerprint density at radius 3 is 2.50 bits per heavy atom. The number of nitrogens with one attached hydrogen (secondary N) is 2. The summed E-state index contributed by atoms with van der Waals surface area (Å²) in [6, 6.07) is 14.2. The molecule has 9 nitrogen and oxygen atoms in total. The fourth-order valence-corrected chi connectivity index (χ4v) is 5.82. The summed E-state index contributed by atoms with van der Waals surface area (Å²) in [7, 11) is 0.